The van der Waals surface area contributed by atoms with Crippen LogP contribution in [0.15, 0.2) is 70.4 Å². The minimum absolute atomic E-state index is 0.0553. The predicted molar refractivity (Wildman–Crippen MR) is 122 cm³/mol. The molecular weight excluding hydrogens is 481 g/mol. The number of carbonyl (C=O) groups excluding carboxylic acids is 1. The number of para-hydroxylation sites is 1. The molecule has 1 N–H and O–H groups in total. The minimum Gasteiger partial charge on any atom is -0.454 e. The molecule has 0 unspecified atom stereocenters. The van der Waals surface area contributed by atoms with Gasteiger partial charge >= 0.3 is 11.9 Å². The van der Waals surface area contributed by atoms with Crippen molar-refractivity contribution in [2.45, 2.75) is 19.3 Å². The average Bonchev–Trinajstić information content (AvgIpc) is 3.32. The normalized spacial score (nSPS) is 12.6. The van der Waals surface area contributed by atoms with Crippen LogP contribution in [0.2, 0.25) is 0 Å². The van der Waals surface area contributed by atoms with Gasteiger partial charge in [-0.15, -0.1) is 0 Å². The van der Waals surface area contributed by atoms with E-state index in [0.717, 1.165) is 21.3 Å². The van der Waals surface area contributed by atoms with Crippen LogP contribution in [-0.4, -0.2) is 26.8 Å². The van der Waals surface area contributed by atoms with Crippen LogP contribution in [0.1, 0.15) is 11.1 Å². The third kappa shape index (κ3) is 4.28. The molecule has 0 radical (unpaired) electrons. The third-order valence-electron chi connectivity index (χ3n) is 5.57. The summed E-state index contributed by atoms with van der Waals surface area (Å²) in [4.78, 5) is 43.2. The zero-order chi connectivity index (χ0) is 25.4. The molecule has 2 aromatic heterocycles. The Hall–Kier alpha value is -4.61. The number of halogens is 3. The van der Waals surface area contributed by atoms with E-state index < -0.39 is 41.1 Å². The van der Waals surface area contributed by atoms with Gasteiger partial charge in [0.05, 0.1) is 23.2 Å². The summed E-state index contributed by atoms with van der Waals surface area (Å²) in [5.74, 6) is 0.0992. The van der Waals surface area contributed by atoms with Gasteiger partial charge in [0.2, 0.25) is 12.7 Å². The number of fused-ring (bicyclic) bond motifs is 2. The first-order chi connectivity index (χ1) is 17.2. The number of nitrogens with one attached hydrogen (secondary N) is 1. The highest BCUT2D eigenvalue weighted by Crippen LogP contribution is 2.34. The molecule has 2 aromatic carbocycles. The lowest BCUT2D eigenvalue weighted by Crippen LogP contribution is -2.42. The zero-order valence-corrected chi connectivity index (χ0v) is 18.4. The van der Waals surface area contributed by atoms with E-state index in [0.29, 0.717) is 17.1 Å². The van der Waals surface area contributed by atoms with Crippen molar-refractivity contribution in [3.63, 3.8) is 0 Å². The highest BCUT2D eigenvalue weighted by atomic mass is 19.4. The second-order valence-electron chi connectivity index (χ2n) is 7.91. The number of nitrogens with zero attached hydrogens (tertiary/aromatic N) is 3. The summed E-state index contributed by atoms with van der Waals surface area (Å²) >= 11 is 0. The van der Waals surface area contributed by atoms with Gasteiger partial charge in [-0.3, -0.25) is 18.7 Å². The average molecular weight is 498 g/mol. The third-order valence-corrected chi connectivity index (χ3v) is 5.57. The van der Waals surface area contributed by atoms with Crippen molar-refractivity contribution in [2.24, 2.45) is 0 Å². The Morgan fingerprint density at radius 1 is 1.00 bits per heavy atom. The number of pyridine rings is 1. The van der Waals surface area contributed by atoms with Crippen LogP contribution in [0.3, 0.4) is 0 Å². The van der Waals surface area contributed by atoms with E-state index in [-0.39, 0.29) is 24.4 Å². The van der Waals surface area contributed by atoms with Gasteiger partial charge in [-0.1, -0.05) is 18.2 Å². The van der Waals surface area contributed by atoms with Gasteiger partial charge in [-0.2, -0.15) is 13.2 Å². The van der Waals surface area contributed by atoms with Crippen LogP contribution < -0.4 is 26.0 Å². The fourth-order valence-electron chi connectivity index (χ4n) is 3.92. The number of anilines is 1. The van der Waals surface area contributed by atoms with E-state index in [4.69, 9.17) is 9.47 Å². The summed E-state index contributed by atoms with van der Waals surface area (Å²) in [6.45, 7) is -0.753. The maximum absolute atomic E-state index is 13.3. The SMILES string of the molecule is O=C(Cn1c(=O)n(Cc2ccc3c(c2)OCO3)c(=O)c2cccnc21)Nc1ccccc1C(F)(F)F. The smallest absolute Gasteiger partial charge is 0.418 e. The van der Waals surface area contributed by atoms with Gasteiger partial charge in [-0.25, -0.2) is 9.78 Å². The van der Waals surface area contributed by atoms with Gasteiger partial charge < -0.3 is 14.8 Å². The molecule has 184 valence electrons. The van der Waals surface area contributed by atoms with Crippen LogP contribution in [-0.2, 0) is 24.1 Å². The number of benzene rings is 2. The minimum atomic E-state index is -4.69. The Morgan fingerprint density at radius 2 is 1.78 bits per heavy atom. The molecule has 9 nitrogen and oxygen atoms in total. The largest absolute Gasteiger partial charge is 0.454 e. The number of alkyl halides is 3. The Bertz CT molecular complexity index is 1610. The summed E-state index contributed by atoms with van der Waals surface area (Å²) in [5, 5.41) is 2.28. The summed E-state index contributed by atoms with van der Waals surface area (Å²) in [6, 6.07) is 12.4. The van der Waals surface area contributed by atoms with Crippen LogP contribution >= 0.6 is 0 Å². The Morgan fingerprint density at radius 3 is 2.58 bits per heavy atom. The fraction of sp³-hybridized carbons (Fsp3) is 0.167. The topological polar surface area (TPSA) is 104 Å². The molecule has 0 spiro atoms. The van der Waals surface area contributed by atoms with Crippen LogP contribution in [0.25, 0.3) is 11.0 Å². The number of carbonyl (C=O) groups is 1. The molecule has 1 aliphatic rings. The zero-order valence-electron chi connectivity index (χ0n) is 18.4. The predicted octanol–water partition coefficient (Wildman–Crippen LogP) is 2.99. The van der Waals surface area contributed by atoms with Gasteiger partial charge in [-0.05, 0) is 42.0 Å². The molecular formula is C24H17F3N4O5. The second kappa shape index (κ2) is 8.87. The lowest BCUT2D eigenvalue weighted by Gasteiger charge is -2.15. The quantitative estimate of drug-likeness (QED) is 0.454. The molecule has 0 fully saturated rings. The first-order valence-electron chi connectivity index (χ1n) is 10.7. The number of hydrogen-bond acceptors (Lipinski definition) is 6. The molecule has 0 bridgehead atoms. The monoisotopic (exact) mass is 498 g/mol. The van der Waals surface area contributed by atoms with Crippen molar-refractivity contribution in [1.29, 1.82) is 0 Å². The summed E-state index contributed by atoms with van der Waals surface area (Å²) < 4.78 is 52.4. The second-order valence-corrected chi connectivity index (χ2v) is 7.91. The lowest BCUT2D eigenvalue weighted by atomic mass is 10.1. The molecule has 0 saturated heterocycles. The molecule has 36 heavy (non-hydrogen) atoms. The Balaban J connectivity index is 1.52. The Labute approximate surface area is 200 Å². The summed E-state index contributed by atoms with van der Waals surface area (Å²) in [5.41, 5.74) is -2.44. The number of hydrogen-bond donors (Lipinski definition) is 1. The summed E-state index contributed by atoms with van der Waals surface area (Å²) in [7, 11) is 0. The molecule has 12 heteroatoms. The van der Waals surface area contributed by atoms with Crippen molar-refractivity contribution in [2.75, 3.05) is 12.1 Å². The highest BCUT2D eigenvalue weighted by molar-refractivity contribution is 5.92. The molecule has 0 aliphatic carbocycles. The van der Waals surface area contributed by atoms with Crippen LogP contribution in [0.4, 0.5) is 18.9 Å². The van der Waals surface area contributed by atoms with Gasteiger partial charge in [0, 0.05) is 6.20 Å². The maximum Gasteiger partial charge on any atom is 0.418 e. The van der Waals surface area contributed by atoms with E-state index in [2.05, 4.69) is 10.3 Å². The molecule has 1 amide bonds. The number of ether oxygens (including phenoxy) is 2. The number of rotatable bonds is 5. The maximum atomic E-state index is 13.3. The molecule has 0 saturated carbocycles. The van der Waals surface area contributed by atoms with Gasteiger partial charge in [0.1, 0.15) is 12.2 Å². The van der Waals surface area contributed by atoms with Crippen molar-refractivity contribution >= 4 is 22.6 Å². The standard InChI is InChI=1S/C24H17F3N4O5/c25-24(26,27)16-5-1-2-6-17(16)29-20(32)12-30-21-15(4-3-9-28-21)22(33)31(23(30)34)11-14-7-8-18-19(10-14)36-13-35-18/h1-10H,11-13H2,(H,29,32). The Kier molecular flexibility index (Phi) is 5.71. The molecule has 5 rings (SSSR count). The highest BCUT2D eigenvalue weighted by Gasteiger charge is 2.33. The van der Waals surface area contributed by atoms with Gasteiger partial charge in [0.15, 0.2) is 11.5 Å². The van der Waals surface area contributed by atoms with Crippen molar-refractivity contribution < 1.29 is 27.4 Å². The number of amides is 1. The van der Waals surface area contributed by atoms with Crippen molar-refractivity contribution in [1.82, 2.24) is 14.1 Å². The van der Waals surface area contributed by atoms with E-state index in [1.54, 1.807) is 18.2 Å². The van der Waals surface area contributed by atoms with E-state index in [1.807, 2.05) is 0 Å². The van der Waals surface area contributed by atoms with E-state index >= 15 is 0 Å². The first-order valence-corrected chi connectivity index (χ1v) is 10.7. The van der Waals surface area contributed by atoms with E-state index in [1.165, 1.54) is 30.5 Å². The molecule has 0 atom stereocenters. The van der Waals surface area contributed by atoms with Crippen LogP contribution in [0.5, 0.6) is 11.5 Å². The van der Waals surface area contributed by atoms with E-state index in [9.17, 15) is 27.6 Å². The molecule has 4 aromatic rings. The number of aromatic nitrogens is 3. The first kappa shape index (κ1) is 23.1. The van der Waals surface area contributed by atoms with Crippen molar-refractivity contribution in [3.8, 4) is 11.5 Å². The van der Waals surface area contributed by atoms with Crippen LogP contribution in [0, 0.1) is 0 Å². The molecule has 1 aliphatic heterocycles. The van der Waals surface area contributed by atoms with Crippen molar-refractivity contribution in [3.05, 3.63) is 92.8 Å². The lowest BCUT2D eigenvalue weighted by molar-refractivity contribution is -0.137. The van der Waals surface area contributed by atoms with Gasteiger partial charge in [0.25, 0.3) is 5.56 Å². The fourth-order valence-corrected chi connectivity index (χ4v) is 3.92. The summed E-state index contributed by atoms with van der Waals surface area (Å²) in [6.07, 6.45) is -3.34. The molecule has 3 heterocycles.